The number of anilines is 1. The fraction of sp³-hybridized carbons (Fsp3) is 0.143. The van der Waals surface area contributed by atoms with Crippen molar-refractivity contribution in [2.75, 3.05) is 4.72 Å². The Kier molecular flexibility index (Phi) is 4.41. The zero-order valence-corrected chi connectivity index (χ0v) is 12.9. The highest BCUT2D eigenvalue weighted by atomic mass is 32.2. The highest BCUT2D eigenvalue weighted by molar-refractivity contribution is 7.92. The Hall–Kier alpha value is -2.81. The molecule has 2 aromatic rings. The van der Waals surface area contributed by atoms with Crippen LogP contribution in [0.2, 0.25) is 0 Å². The monoisotopic (exact) mass is 338 g/mol. The molecule has 0 spiro atoms. The summed E-state index contributed by atoms with van der Waals surface area (Å²) in [6.45, 7) is 0. The number of carbonyl (C=O) groups is 2. The number of rotatable bonds is 6. The van der Waals surface area contributed by atoms with Crippen LogP contribution in [0.4, 0.5) is 5.69 Å². The molecule has 0 radical (unpaired) electrons. The molecule has 0 aliphatic rings. The Morgan fingerprint density at radius 3 is 2.26 bits per heavy atom. The number of benzene rings is 1. The third kappa shape index (κ3) is 3.89. The normalized spacial score (nSPS) is 11.2. The van der Waals surface area contributed by atoms with Crippen molar-refractivity contribution < 1.29 is 28.2 Å². The number of hydrogen-bond acceptors (Lipinski definition) is 4. The lowest BCUT2D eigenvalue weighted by molar-refractivity contribution is -0.136. The fourth-order valence-corrected chi connectivity index (χ4v) is 3.10. The summed E-state index contributed by atoms with van der Waals surface area (Å²) in [6, 6.07) is 6.94. The van der Waals surface area contributed by atoms with Crippen LogP contribution in [0.5, 0.6) is 0 Å². The number of hydrogen-bond donors (Lipinski definition) is 3. The van der Waals surface area contributed by atoms with Crippen molar-refractivity contribution in [3.05, 3.63) is 47.8 Å². The Morgan fingerprint density at radius 1 is 1.17 bits per heavy atom. The molecule has 23 heavy (non-hydrogen) atoms. The molecule has 0 amide bonds. The number of aliphatic carboxylic acids is 1. The molecule has 1 aromatic carbocycles. The second-order valence-electron chi connectivity index (χ2n) is 4.85. The van der Waals surface area contributed by atoms with Crippen LogP contribution in [0.15, 0.2) is 41.4 Å². The molecular weight excluding hydrogens is 324 g/mol. The molecule has 0 saturated heterocycles. The van der Waals surface area contributed by atoms with Crippen LogP contribution in [-0.4, -0.2) is 35.1 Å². The zero-order chi connectivity index (χ0) is 17.2. The second kappa shape index (κ2) is 6.13. The van der Waals surface area contributed by atoms with Gasteiger partial charge in [0, 0.05) is 18.9 Å². The van der Waals surface area contributed by atoms with Crippen LogP contribution in [0.25, 0.3) is 0 Å². The van der Waals surface area contributed by atoms with Crippen molar-refractivity contribution in [2.45, 2.75) is 11.3 Å². The minimum atomic E-state index is -3.93. The maximum Gasteiger partial charge on any atom is 0.352 e. The van der Waals surface area contributed by atoms with E-state index in [9.17, 15) is 18.0 Å². The van der Waals surface area contributed by atoms with Crippen LogP contribution in [0, 0.1) is 0 Å². The van der Waals surface area contributed by atoms with Crippen molar-refractivity contribution in [3.63, 3.8) is 0 Å². The van der Waals surface area contributed by atoms with Gasteiger partial charge in [-0.05, 0) is 23.8 Å². The molecule has 1 heterocycles. The Balaban J connectivity index is 2.22. The largest absolute Gasteiger partial charge is 0.481 e. The maximum absolute atomic E-state index is 12.2. The Bertz CT molecular complexity index is 852. The molecule has 2 rings (SSSR count). The molecular formula is C14H14N2O6S. The first-order chi connectivity index (χ1) is 10.7. The van der Waals surface area contributed by atoms with Crippen molar-refractivity contribution in [3.8, 4) is 0 Å². The smallest absolute Gasteiger partial charge is 0.352 e. The summed E-state index contributed by atoms with van der Waals surface area (Å²) in [5.41, 5.74) is 0.635. The number of nitrogens with zero attached hydrogens (tertiary/aromatic N) is 1. The fourth-order valence-electron chi connectivity index (χ4n) is 1.97. The van der Waals surface area contributed by atoms with Gasteiger partial charge in [-0.3, -0.25) is 9.52 Å². The molecule has 0 bridgehead atoms. The highest BCUT2D eigenvalue weighted by Crippen LogP contribution is 2.19. The predicted octanol–water partition coefficient (Wildman–Crippen LogP) is 1.15. The van der Waals surface area contributed by atoms with Gasteiger partial charge in [0.15, 0.2) is 0 Å². The lowest BCUT2D eigenvalue weighted by atomic mass is 10.1. The van der Waals surface area contributed by atoms with E-state index < -0.39 is 22.0 Å². The molecule has 0 aliphatic heterocycles. The molecule has 122 valence electrons. The molecule has 0 aliphatic carbocycles. The van der Waals surface area contributed by atoms with E-state index in [-0.39, 0.29) is 22.7 Å². The average molecular weight is 338 g/mol. The minimum absolute atomic E-state index is 0.151. The van der Waals surface area contributed by atoms with Gasteiger partial charge < -0.3 is 14.8 Å². The number of carboxylic acid groups (broad SMARTS) is 2. The number of carboxylic acids is 2. The van der Waals surface area contributed by atoms with Gasteiger partial charge in [0.05, 0.1) is 6.42 Å². The Morgan fingerprint density at radius 2 is 1.78 bits per heavy atom. The van der Waals surface area contributed by atoms with Crippen LogP contribution in [0.3, 0.4) is 0 Å². The van der Waals surface area contributed by atoms with E-state index in [1.54, 1.807) is 0 Å². The molecule has 0 atom stereocenters. The first-order valence-corrected chi connectivity index (χ1v) is 7.90. The van der Waals surface area contributed by atoms with E-state index in [4.69, 9.17) is 10.2 Å². The van der Waals surface area contributed by atoms with Crippen molar-refractivity contribution >= 4 is 27.6 Å². The van der Waals surface area contributed by atoms with Crippen molar-refractivity contribution in [1.29, 1.82) is 0 Å². The summed E-state index contributed by atoms with van der Waals surface area (Å²) in [4.78, 5) is 21.4. The Labute approximate surface area is 132 Å². The summed E-state index contributed by atoms with van der Waals surface area (Å²) in [5.74, 6) is -2.21. The van der Waals surface area contributed by atoms with Crippen LogP contribution >= 0.6 is 0 Å². The standard InChI is InChI=1S/C14H14N2O6S/c1-16-8-11(7-12(16)14(19)20)23(21,22)15-10-4-2-9(3-5-10)6-13(17)18/h2-5,7-8,15H,6H2,1H3,(H,17,18)(H,19,20). The third-order valence-electron chi connectivity index (χ3n) is 3.07. The summed E-state index contributed by atoms with van der Waals surface area (Å²) < 4.78 is 28.0. The van der Waals surface area contributed by atoms with Gasteiger partial charge in [-0.2, -0.15) is 0 Å². The van der Waals surface area contributed by atoms with E-state index >= 15 is 0 Å². The first-order valence-electron chi connectivity index (χ1n) is 6.42. The number of aromatic carboxylic acids is 1. The summed E-state index contributed by atoms with van der Waals surface area (Å²) in [7, 11) is -2.50. The lowest BCUT2D eigenvalue weighted by Gasteiger charge is -2.07. The minimum Gasteiger partial charge on any atom is -0.481 e. The number of aryl methyl sites for hydroxylation is 1. The van der Waals surface area contributed by atoms with Crippen molar-refractivity contribution in [1.82, 2.24) is 4.57 Å². The van der Waals surface area contributed by atoms with Crippen molar-refractivity contribution in [2.24, 2.45) is 7.05 Å². The first kappa shape index (κ1) is 16.6. The van der Waals surface area contributed by atoms with Crippen LogP contribution in [0.1, 0.15) is 16.1 Å². The number of aromatic nitrogens is 1. The lowest BCUT2D eigenvalue weighted by Crippen LogP contribution is -2.12. The van der Waals surface area contributed by atoms with Gasteiger partial charge >= 0.3 is 11.9 Å². The topological polar surface area (TPSA) is 126 Å². The number of nitrogens with one attached hydrogen (secondary N) is 1. The van der Waals surface area contributed by atoms with E-state index in [0.717, 1.165) is 6.07 Å². The quantitative estimate of drug-likeness (QED) is 0.725. The van der Waals surface area contributed by atoms with Gasteiger partial charge in [-0.25, -0.2) is 13.2 Å². The molecule has 3 N–H and O–H groups in total. The molecule has 1 aromatic heterocycles. The number of sulfonamides is 1. The third-order valence-corrected chi connectivity index (χ3v) is 4.42. The van der Waals surface area contributed by atoms with E-state index in [0.29, 0.717) is 5.56 Å². The van der Waals surface area contributed by atoms with E-state index in [2.05, 4.69) is 4.72 Å². The average Bonchev–Trinajstić information content (AvgIpc) is 2.83. The second-order valence-corrected chi connectivity index (χ2v) is 6.53. The SMILES string of the molecule is Cn1cc(S(=O)(=O)Nc2ccc(CC(=O)O)cc2)cc1C(=O)O. The maximum atomic E-state index is 12.2. The van der Waals surface area contributed by atoms with Gasteiger partial charge in [-0.15, -0.1) is 0 Å². The van der Waals surface area contributed by atoms with Crippen LogP contribution < -0.4 is 4.72 Å². The molecule has 9 heteroatoms. The van der Waals surface area contributed by atoms with Crippen LogP contribution in [-0.2, 0) is 28.3 Å². The molecule has 0 unspecified atom stereocenters. The van der Waals surface area contributed by atoms with Gasteiger partial charge in [0.1, 0.15) is 10.6 Å². The summed E-state index contributed by atoms with van der Waals surface area (Å²) in [6.07, 6.45) is 1.04. The van der Waals surface area contributed by atoms with Gasteiger partial charge in [-0.1, -0.05) is 12.1 Å². The molecule has 0 saturated carbocycles. The molecule has 8 nitrogen and oxygen atoms in total. The summed E-state index contributed by atoms with van der Waals surface area (Å²) in [5, 5.41) is 17.6. The van der Waals surface area contributed by atoms with Gasteiger partial charge in [0.25, 0.3) is 10.0 Å². The zero-order valence-electron chi connectivity index (χ0n) is 12.1. The van der Waals surface area contributed by atoms with E-state index in [1.807, 2.05) is 0 Å². The molecule has 0 fully saturated rings. The van der Waals surface area contributed by atoms with Gasteiger partial charge in [0.2, 0.25) is 0 Å². The summed E-state index contributed by atoms with van der Waals surface area (Å²) >= 11 is 0. The van der Waals surface area contributed by atoms with E-state index in [1.165, 1.54) is 42.1 Å². The highest BCUT2D eigenvalue weighted by Gasteiger charge is 2.20. The predicted molar refractivity (Wildman–Crippen MR) is 81.0 cm³/mol.